The van der Waals surface area contributed by atoms with E-state index in [1.165, 1.54) is 19.4 Å². The van der Waals surface area contributed by atoms with Gasteiger partial charge in [-0.15, -0.1) is 5.10 Å². The van der Waals surface area contributed by atoms with Crippen molar-refractivity contribution >= 4 is 0 Å². The molecule has 0 aliphatic carbocycles. The quantitative estimate of drug-likeness (QED) is 0.686. The van der Waals surface area contributed by atoms with Crippen LogP contribution in [0.25, 0.3) is 0 Å². The first-order valence-corrected chi connectivity index (χ1v) is 4.50. The molecule has 4 nitrogen and oxygen atoms in total. The summed E-state index contributed by atoms with van der Waals surface area (Å²) in [4.78, 5) is 0. The van der Waals surface area contributed by atoms with Crippen LogP contribution in [0.5, 0.6) is 0 Å². The zero-order valence-electron chi connectivity index (χ0n) is 7.11. The highest BCUT2D eigenvalue weighted by Gasteiger charge is 2.13. The lowest BCUT2D eigenvalue weighted by Gasteiger charge is -2.22. The number of hydrogen-bond donors (Lipinski definition) is 1. The number of hydrogen-bond acceptors (Lipinski definition) is 3. The highest BCUT2D eigenvalue weighted by Crippen LogP contribution is 2.11. The Morgan fingerprint density at radius 1 is 1.58 bits per heavy atom. The van der Waals surface area contributed by atoms with Crippen molar-refractivity contribution in [2.75, 3.05) is 13.1 Å². The molecule has 66 valence electrons. The first-order chi connectivity index (χ1) is 5.95. The molecule has 4 heteroatoms. The molecule has 2 heterocycles. The van der Waals surface area contributed by atoms with Crippen LogP contribution in [0.1, 0.15) is 12.8 Å². The molecule has 2 rings (SSSR count). The van der Waals surface area contributed by atoms with Gasteiger partial charge in [0.1, 0.15) is 0 Å². The molecule has 1 aromatic rings. The van der Waals surface area contributed by atoms with Crippen LogP contribution >= 0.6 is 0 Å². The van der Waals surface area contributed by atoms with Gasteiger partial charge in [-0.2, -0.15) is 0 Å². The second kappa shape index (κ2) is 3.67. The summed E-state index contributed by atoms with van der Waals surface area (Å²) in [5.74, 6) is 0.737. The molecule has 1 aromatic heterocycles. The third-order valence-corrected chi connectivity index (χ3v) is 2.32. The van der Waals surface area contributed by atoms with Gasteiger partial charge >= 0.3 is 0 Å². The molecule has 0 amide bonds. The fraction of sp³-hybridized carbons (Fsp3) is 0.750. The van der Waals surface area contributed by atoms with E-state index in [2.05, 4.69) is 15.6 Å². The van der Waals surface area contributed by atoms with Gasteiger partial charge in [-0.05, 0) is 31.8 Å². The Labute approximate surface area is 72.0 Å². The summed E-state index contributed by atoms with van der Waals surface area (Å²) >= 11 is 0. The minimum absolute atomic E-state index is 0.737. The molecular formula is C8H14N4. The highest BCUT2D eigenvalue weighted by atomic mass is 15.4. The predicted molar refractivity (Wildman–Crippen MR) is 45.6 cm³/mol. The van der Waals surface area contributed by atoms with Gasteiger partial charge in [0.05, 0.1) is 6.20 Å². The van der Waals surface area contributed by atoms with Crippen LogP contribution in [0, 0.1) is 5.92 Å². The van der Waals surface area contributed by atoms with Crippen molar-refractivity contribution in [2.45, 2.75) is 19.4 Å². The van der Waals surface area contributed by atoms with E-state index in [1.54, 1.807) is 6.20 Å². The molecular weight excluding hydrogens is 152 g/mol. The summed E-state index contributed by atoms with van der Waals surface area (Å²) in [6.45, 7) is 3.31. The van der Waals surface area contributed by atoms with Gasteiger partial charge in [0, 0.05) is 12.7 Å². The average molecular weight is 166 g/mol. The van der Waals surface area contributed by atoms with Gasteiger partial charge in [-0.1, -0.05) is 5.21 Å². The first kappa shape index (κ1) is 7.73. The number of aromatic nitrogens is 3. The average Bonchev–Trinajstić information content (AvgIpc) is 2.59. The number of piperidine rings is 1. The van der Waals surface area contributed by atoms with Crippen LogP contribution in [0.15, 0.2) is 12.4 Å². The monoisotopic (exact) mass is 166 g/mol. The van der Waals surface area contributed by atoms with Crippen molar-refractivity contribution in [2.24, 2.45) is 5.92 Å². The van der Waals surface area contributed by atoms with E-state index in [9.17, 15) is 0 Å². The van der Waals surface area contributed by atoms with Crippen molar-refractivity contribution in [3.05, 3.63) is 12.4 Å². The zero-order chi connectivity index (χ0) is 8.23. The highest BCUT2D eigenvalue weighted by molar-refractivity contribution is 4.71. The summed E-state index contributed by atoms with van der Waals surface area (Å²) in [5, 5.41) is 11.1. The van der Waals surface area contributed by atoms with Crippen LogP contribution in [-0.2, 0) is 6.54 Å². The number of nitrogens with zero attached hydrogens (tertiary/aromatic N) is 3. The van der Waals surface area contributed by atoms with Crippen LogP contribution in [0.4, 0.5) is 0 Å². The molecule has 1 N–H and O–H groups in total. The second-order valence-electron chi connectivity index (χ2n) is 3.34. The number of rotatable bonds is 2. The van der Waals surface area contributed by atoms with Crippen molar-refractivity contribution in [3.63, 3.8) is 0 Å². The largest absolute Gasteiger partial charge is 0.316 e. The third-order valence-electron chi connectivity index (χ3n) is 2.32. The van der Waals surface area contributed by atoms with Crippen molar-refractivity contribution < 1.29 is 0 Å². The standard InChI is InChI=1S/C8H14N4/c1-2-8(6-9-3-1)7-12-5-4-10-11-12/h4-5,8-9H,1-3,6-7H2/t8-/m0/s1. The van der Waals surface area contributed by atoms with Crippen LogP contribution in [0.2, 0.25) is 0 Å². The molecule has 1 atom stereocenters. The Kier molecular flexibility index (Phi) is 2.36. The molecule has 0 spiro atoms. The van der Waals surface area contributed by atoms with E-state index in [-0.39, 0.29) is 0 Å². The van der Waals surface area contributed by atoms with E-state index < -0.39 is 0 Å². The normalized spacial score (nSPS) is 24.2. The van der Waals surface area contributed by atoms with Gasteiger partial charge in [-0.25, -0.2) is 0 Å². The molecule has 1 aliphatic heterocycles. The lowest BCUT2D eigenvalue weighted by Crippen LogP contribution is -2.32. The maximum absolute atomic E-state index is 3.95. The topological polar surface area (TPSA) is 42.7 Å². The Hall–Kier alpha value is -0.900. The minimum atomic E-state index is 0.737. The zero-order valence-corrected chi connectivity index (χ0v) is 7.11. The minimum Gasteiger partial charge on any atom is -0.316 e. The van der Waals surface area contributed by atoms with E-state index in [0.717, 1.165) is 19.0 Å². The second-order valence-corrected chi connectivity index (χ2v) is 3.34. The van der Waals surface area contributed by atoms with Crippen LogP contribution in [0.3, 0.4) is 0 Å². The predicted octanol–water partition coefficient (Wildman–Crippen LogP) is 0.278. The smallest absolute Gasteiger partial charge is 0.0692 e. The molecule has 1 fully saturated rings. The van der Waals surface area contributed by atoms with Gasteiger partial charge in [0.15, 0.2) is 0 Å². The lowest BCUT2D eigenvalue weighted by molar-refractivity contribution is 0.322. The van der Waals surface area contributed by atoms with Crippen molar-refractivity contribution in [3.8, 4) is 0 Å². The molecule has 1 aliphatic rings. The van der Waals surface area contributed by atoms with Crippen LogP contribution < -0.4 is 5.32 Å². The lowest BCUT2D eigenvalue weighted by atomic mass is 10.00. The molecule has 12 heavy (non-hydrogen) atoms. The molecule has 0 aromatic carbocycles. The number of nitrogens with one attached hydrogen (secondary N) is 1. The third kappa shape index (κ3) is 1.82. The maximum atomic E-state index is 3.95. The maximum Gasteiger partial charge on any atom is 0.0692 e. The van der Waals surface area contributed by atoms with E-state index in [0.29, 0.717) is 0 Å². The summed E-state index contributed by atoms with van der Waals surface area (Å²) in [6, 6.07) is 0. The molecule has 0 bridgehead atoms. The van der Waals surface area contributed by atoms with Gasteiger partial charge < -0.3 is 5.32 Å². The van der Waals surface area contributed by atoms with Crippen molar-refractivity contribution in [1.29, 1.82) is 0 Å². The van der Waals surface area contributed by atoms with Gasteiger partial charge in [0.25, 0.3) is 0 Å². The molecule has 0 saturated carbocycles. The van der Waals surface area contributed by atoms with Gasteiger partial charge in [-0.3, -0.25) is 4.68 Å². The molecule has 0 unspecified atom stereocenters. The fourth-order valence-electron chi connectivity index (χ4n) is 1.67. The Balaban J connectivity index is 1.86. The molecule has 1 saturated heterocycles. The van der Waals surface area contributed by atoms with Crippen molar-refractivity contribution in [1.82, 2.24) is 20.3 Å². The summed E-state index contributed by atoms with van der Waals surface area (Å²) in [7, 11) is 0. The fourth-order valence-corrected chi connectivity index (χ4v) is 1.67. The van der Waals surface area contributed by atoms with E-state index in [1.807, 2.05) is 10.9 Å². The van der Waals surface area contributed by atoms with Gasteiger partial charge in [0.2, 0.25) is 0 Å². The first-order valence-electron chi connectivity index (χ1n) is 4.50. The Bertz CT molecular complexity index is 213. The molecule has 0 radical (unpaired) electrons. The summed E-state index contributed by atoms with van der Waals surface area (Å²) in [5.41, 5.74) is 0. The van der Waals surface area contributed by atoms with Crippen LogP contribution in [-0.4, -0.2) is 28.1 Å². The summed E-state index contributed by atoms with van der Waals surface area (Å²) < 4.78 is 1.91. The van der Waals surface area contributed by atoms with E-state index in [4.69, 9.17) is 0 Å². The Morgan fingerprint density at radius 2 is 2.58 bits per heavy atom. The van der Waals surface area contributed by atoms with E-state index >= 15 is 0 Å². The SMILES string of the molecule is c1cn(C[C@H]2CCCNC2)nn1. The Morgan fingerprint density at radius 3 is 3.25 bits per heavy atom. The summed E-state index contributed by atoms with van der Waals surface area (Å²) in [6.07, 6.45) is 6.26.